The van der Waals surface area contributed by atoms with Gasteiger partial charge in [-0.1, -0.05) is 65.9 Å². The van der Waals surface area contributed by atoms with E-state index in [1.807, 2.05) is 54.7 Å². The molecule has 1 amide bonds. The summed E-state index contributed by atoms with van der Waals surface area (Å²) in [6.45, 7) is 4.93. The van der Waals surface area contributed by atoms with Crippen molar-refractivity contribution in [3.8, 4) is 0 Å². The molecular formula is C24H28N5O2+. The summed E-state index contributed by atoms with van der Waals surface area (Å²) in [6.07, 6.45) is 5.07. The van der Waals surface area contributed by atoms with Gasteiger partial charge in [-0.25, -0.2) is 4.68 Å². The van der Waals surface area contributed by atoms with Crippen LogP contribution in [-0.4, -0.2) is 53.7 Å². The highest BCUT2D eigenvalue weighted by atomic mass is 16.5. The van der Waals surface area contributed by atoms with Crippen LogP contribution >= 0.6 is 0 Å². The van der Waals surface area contributed by atoms with E-state index in [4.69, 9.17) is 4.74 Å². The summed E-state index contributed by atoms with van der Waals surface area (Å²) in [4.78, 5) is 14.1. The predicted molar refractivity (Wildman–Crippen MR) is 118 cm³/mol. The Bertz CT molecular complexity index is 981. The molecule has 7 nitrogen and oxygen atoms in total. The van der Waals surface area contributed by atoms with Crippen LogP contribution in [0.3, 0.4) is 0 Å². The summed E-state index contributed by atoms with van der Waals surface area (Å²) in [5, 5.41) is 11.4. The van der Waals surface area contributed by atoms with Gasteiger partial charge in [-0.2, -0.15) is 0 Å². The van der Waals surface area contributed by atoms with Crippen molar-refractivity contribution in [3.05, 3.63) is 89.8 Å². The van der Waals surface area contributed by atoms with Gasteiger partial charge in [0.2, 0.25) is 5.91 Å². The van der Waals surface area contributed by atoms with Gasteiger partial charge in [-0.3, -0.25) is 4.79 Å². The van der Waals surface area contributed by atoms with Crippen LogP contribution in [0, 0.1) is 0 Å². The Kier molecular flexibility index (Phi) is 7.20. The van der Waals surface area contributed by atoms with E-state index in [0.29, 0.717) is 12.2 Å². The van der Waals surface area contributed by atoms with Gasteiger partial charge in [-0.15, -0.1) is 5.10 Å². The number of rotatable bonds is 8. The molecule has 0 aliphatic carbocycles. The van der Waals surface area contributed by atoms with Crippen molar-refractivity contribution in [1.29, 1.82) is 0 Å². The van der Waals surface area contributed by atoms with Crippen LogP contribution in [0.2, 0.25) is 0 Å². The second-order valence-electron chi connectivity index (χ2n) is 7.70. The third kappa shape index (κ3) is 6.34. The summed E-state index contributed by atoms with van der Waals surface area (Å²) >= 11 is 0. The highest BCUT2D eigenvalue weighted by molar-refractivity contribution is 5.91. The zero-order valence-corrected chi connectivity index (χ0v) is 17.5. The van der Waals surface area contributed by atoms with E-state index in [1.54, 1.807) is 10.8 Å². The number of hydrogen-bond acceptors (Lipinski definition) is 4. The van der Waals surface area contributed by atoms with Crippen molar-refractivity contribution in [2.45, 2.75) is 12.6 Å². The number of ether oxygens (including phenoxy) is 1. The molecule has 7 heteroatoms. The van der Waals surface area contributed by atoms with Crippen LogP contribution < -0.4 is 10.2 Å². The van der Waals surface area contributed by atoms with Crippen molar-refractivity contribution in [1.82, 2.24) is 20.3 Å². The molecule has 4 rings (SSSR count). The molecule has 160 valence electrons. The molecule has 2 aromatic carbocycles. The average Bonchev–Trinajstić information content (AvgIpc) is 3.26. The fourth-order valence-corrected chi connectivity index (χ4v) is 3.71. The van der Waals surface area contributed by atoms with E-state index >= 15 is 0 Å². The number of nitrogens with one attached hydrogen (secondary N) is 2. The molecule has 1 aliphatic rings. The van der Waals surface area contributed by atoms with Gasteiger partial charge in [0.1, 0.15) is 31.4 Å². The van der Waals surface area contributed by atoms with Crippen LogP contribution in [0.15, 0.2) is 72.9 Å². The Morgan fingerprint density at radius 2 is 1.81 bits per heavy atom. The second kappa shape index (κ2) is 10.7. The van der Waals surface area contributed by atoms with Crippen molar-refractivity contribution in [2.75, 3.05) is 32.8 Å². The molecular weight excluding hydrogens is 390 g/mol. The predicted octanol–water partition coefficient (Wildman–Crippen LogP) is 1.11. The summed E-state index contributed by atoms with van der Waals surface area (Å²) in [6, 6.07) is 20.1. The maximum Gasteiger partial charge on any atom is 0.244 e. The maximum absolute atomic E-state index is 12.7. The van der Waals surface area contributed by atoms with Crippen molar-refractivity contribution in [3.63, 3.8) is 0 Å². The molecule has 0 saturated carbocycles. The zero-order chi connectivity index (χ0) is 21.3. The monoisotopic (exact) mass is 418 g/mol. The van der Waals surface area contributed by atoms with E-state index in [1.165, 1.54) is 11.0 Å². The quantitative estimate of drug-likeness (QED) is 0.538. The Hall–Kier alpha value is -3.29. The van der Waals surface area contributed by atoms with Crippen LogP contribution in [0.25, 0.3) is 6.08 Å². The molecule has 0 unspecified atom stereocenters. The van der Waals surface area contributed by atoms with Crippen LogP contribution in [0.1, 0.15) is 22.9 Å². The first-order valence-corrected chi connectivity index (χ1v) is 10.7. The fraction of sp³-hybridized carbons (Fsp3) is 0.292. The van der Waals surface area contributed by atoms with Crippen molar-refractivity contribution in [2.24, 2.45) is 0 Å². The van der Waals surface area contributed by atoms with Crippen molar-refractivity contribution < 1.29 is 14.4 Å². The topological polar surface area (TPSA) is 73.5 Å². The molecule has 1 aliphatic heterocycles. The molecule has 1 fully saturated rings. The van der Waals surface area contributed by atoms with E-state index < -0.39 is 0 Å². The third-order valence-corrected chi connectivity index (χ3v) is 5.36. The van der Waals surface area contributed by atoms with Crippen LogP contribution in [0.5, 0.6) is 0 Å². The Morgan fingerprint density at radius 3 is 2.55 bits per heavy atom. The van der Waals surface area contributed by atoms with Crippen LogP contribution in [0.4, 0.5) is 0 Å². The Labute approximate surface area is 182 Å². The first-order valence-electron chi connectivity index (χ1n) is 10.7. The molecule has 1 atom stereocenters. The summed E-state index contributed by atoms with van der Waals surface area (Å²) in [5.41, 5.74) is 2.91. The van der Waals surface area contributed by atoms with Gasteiger partial charge in [0.15, 0.2) is 0 Å². The summed E-state index contributed by atoms with van der Waals surface area (Å²) in [5.74, 6) is -0.140. The second-order valence-corrected chi connectivity index (χ2v) is 7.70. The third-order valence-electron chi connectivity index (χ3n) is 5.36. The van der Waals surface area contributed by atoms with E-state index in [0.717, 1.165) is 44.0 Å². The first-order chi connectivity index (χ1) is 15.3. The molecule has 2 N–H and O–H groups in total. The Balaban J connectivity index is 1.37. The normalized spacial score (nSPS) is 15.7. The molecule has 0 spiro atoms. The van der Waals surface area contributed by atoms with Gasteiger partial charge in [0.05, 0.1) is 26.0 Å². The van der Waals surface area contributed by atoms with Gasteiger partial charge in [0.25, 0.3) is 0 Å². The van der Waals surface area contributed by atoms with Gasteiger partial charge in [-0.05, 0) is 17.2 Å². The number of hydrogen-bond donors (Lipinski definition) is 2. The zero-order valence-electron chi connectivity index (χ0n) is 17.5. The first kappa shape index (κ1) is 21.0. The minimum atomic E-state index is -0.140. The number of morpholine rings is 1. The number of benzene rings is 2. The summed E-state index contributed by atoms with van der Waals surface area (Å²) < 4.78 is 7.23. The van der Waals surface area contributed by atoms with Crippen molar-refractivity contribution >= 4 is 12.0 Å². The molecule has 0 bridgehead atoms. The largest absolute Gasteiger partial charge is 0.370 e. The highest BCUT2D eigenvalue weighted by Crippen LogP contribution is 2.11. The van der Waals surface area contributed by atoms with Gasteiger partial charge >= 0.3 is 0 Å². The minimum Gasteiger partial charge on any atom is -0.370 e. The summed E-state index contributed by atoms with van der Waals surface area (Å²) in [7, 11) is 0. The average molecular weight is 419 g/mol. The number of aromatic nitrogens is 3. The molecule has 1 saturated heterocycles. The number of carbonyl (C=O) groups excluding carboxylic acids is 1. The lowest BCUT2D eigenvalue weighted by molar-refractivity contribution is -0.909. The SMILES string of the molecule is O=C(/C=C/c1cn(Cc2ccccc2)nn1)N[C@@H](C[NH+]1CCOCC1)c1ccccc1. The molecule has 0 radical (unpaired) electrons. The number of amides is 1. The fourth-order valence-electron chi connectivity index (χ4n) is 3.71. The smallest absolute Gasteiger partial charge is 0.244 e. The number of carbonyl (C=O) groups is 1. The van der Waals surface area contributed by atoms with Crippen LogP contribution in [-0.2, 0) is 16.1 Å². The van der Waals surface area contributed by atoms with E-state index in [9.17, 15) is 4.79 Å². The minimum absolute atomic E-state index is 0.0554. The maximum atomic E-state index is 12.7. The standard InChI is InChI=1S/C24H27N5O2/c30-24(12-11-22-18-29(27-26-22)17-20-7-3-1-4-8-20)25-23(21-9-5-2-6-10-21)19-28-13-15-31-16-14-28/h1-12,18,23H,13-17,19H2,(H,25,30)/p+1/b12-11+/t23-/m0/s1. The molecule has 2 heterocycles. The van der Waals surface area contributed by atoms with Gasteiger partial charge < -0.3 is 15.0 Å². The van der Waals surface area contributed by atoms with E-state index in [-0.39, 0.29) is 11.9 Å². The number of quaternary nitrogens is 1. The number of nitrogens with zero attached hydrogens (tertiary/aromatic N) is 3. The lowest BCUT2D eigenvalue weighted by Crippen LogP contribution is -3.14. The molecule has 1 aromatic heterocycles. The Morgan fingerprint density at radius 1 is 1.10 bits per heavy atom. The molecule has 31 heavy (non-hydrogen) atoms. The van der Waals surface area contributed by atoms with Gasteiger partial charge in [0, 0.05) is 6.08 Å². The van der Waals surface area contributed by atoms with E-state index in [2.05, 4.69) is 27.8 Å². The lowest BCUT2D eigenvalue weighted by Gasteiger charge is -2.28. The molecule has 3 aromatic rings. The highest BCUT2D eigenvalue weighted by Gasteiger charge is 2.22. The lowest BCUT2D eigenvalue weighted by atomic mass is 10.1.